The predicted molar refractivity (Wildman–Crippen MR) is 200 cm³/mol. The van der Waals surface area contributed by atoms with Crippen LogP contribution in [0.5, 0.6) is 0 Å². The van der Waals surface area contributed by atoms with Gasteiger partial charge in [0.2, 0.25) is 0 Å². The van der Waals surface area contributed by atoms with Crippen LogP contribution in [0, 0.1) is 0 Å². The Kier molecular flexibility index (Phi) is 4.19. The lowest BCUT2D eigenvalue weighted by molar-refractivity contribution is 0.669. The summed E-state index contributed by atoms with van der Waals surface area (Å²) in [6.45, 7) is 0. The van der Waals surface area contributed by atoms with Crippen LogP contribution in [0.1, 0.15) is 11.0 Å². The lowest BCUT2D eigenvalue weighted by atomic mass is 9.83. The molecule has 0 fully saturated rings. The molecule has 1 heterocycles. The average Bonchev–Trinajstić information content (AvgIpc) is 3.61. The first-order valence-electron chi connectivity index (χ1n) is 19.5. The standard InChI is InChI=1S/C46H28O/c1-2-15-30-29(13-1)14-11-23-31(30)34-27-28-39(33-17-4-3-16-32(33)34)44-35-18-5-7-20-37(35)45(38-21-8-6-19-36(38)44)41-24-12-26-43-46(41)40-22-9-10-25-42(40)47-43/h1-28H/i5D,6D,7D,8D,18D,19D,20D,21D. The summed E-state index contributed by atoms with van der Waals surface area (Å²) in [7, 11) is 0. The van der Waals surface area contributed by atoms with E-state index in [0.717, 1.165) is 38.1 Å². The fourth-order valence-electron chi connectivity index (χ4n) is 7.36. The minimum absolute atomic E-state index is 0.165. The summed E-state index contributed by atoms with van der Waals surface area (Å²) in [5.74, 6) is 0. The Labute approximate surface area is 283 Å². The van der Waals surface area contributed by atoms with Crippen molar-refractivity contribution in [3.63, 3.8) is 0 Å². The van der Waals surface area contributed by atoms with Crippen LogP contribution in [0.3, 0.4) is 0 Å². The minimum Gasteiger partial charge on any atom is -0.456 e. The summed E-state index contributed by atoms with van der Waals surface area (Å²) in [6, 6.07) is 36.1. The Morgan fingerprint density at radius 2 is 0.809 bits per heavy atom. The highest BCUT2D eigenvalue weighted by molar-refractivity contribution is 6.27. The van der Waals surface area contributed by atoms with Gasteiger partial charge in [-0.25, -0.2) is 0 Å². The highest BCUT2D eigenvalue weighted by Crippen LogP contribution is 2.48. The molecule has 10 rings (SSSR count). The second-order valence-corrected chi connectivity index (χ2v) is 11.8. The smallest absolute Gasteiger partial charge is 0.136 e. The van der Waals surface area contributed by atoms with E-state index in [1.54, 1.807) is 6.07 Å². The molecule has 47 heavy (non-hydrogen) atoms. The molecule has 0 amide bonds. The zero-order chi connectivity index (χ0) is 37.9. The second-order valence-electron chi connectivity index (χ2n) is 11.8. The molecule has 0 N–H and O–H groups in total. The number of hydrogen-bond acceptors (Lipinski definition) is 1. The van der Waals surface area contributed by atoms with Crippen molar-refractivity contribution < 1.29 is 15.4 Å². The van der Waals surface area contributed by atoms with E-state index in [2.05, 4.69) is 24.3 Å². The van der Waals surface area contributed by atoms with Gasteiger partial charge in [-0.2, -0.15) is 0 Å². The molecule has 1 heteroatoms. The van der Waals surface area contributed by atoms with Crippen LogP contribution in [0.2, 0.25) is 0 Å². The fraction of sp³-hybridized carbons (Fsp3) is 0. The maximum absolute atomic E-state index is 9.51. The van der Waals surface area contributed by atoms with Crippen molar-refractivity contribution in [2.75, 3.05) is 0 Å². The number of fused-ring (bicyclic) bond motifs is 7. The molecule has 1 nitrogen and oxygen atoms in total. The summed E-state index contributed by atoms with van der Waals surface area (Å²) in [5.41, 5.74) is 4.88. The quantitative estimate of drug-likeness (QED) is 0.183. The normalized spacial score (nSPS) is 14.2. The van der Waals surface area contributed by atoms with Gasteiger partial charge in [0.05, 0.1) is 11.0 Å². The molecule has 0 unspecified atom stereocenters. The number of furan rings is 1. The van der Waals surface area contributed by atoms with Gasteiger partial charge in [-0.1, -0.05) is 158 Å². The number of para-hydroxylation sites is 1. The van der Waals surface area contributed by atoms with Crippen LogP contribution in [0.15, 0.2) is 174 Å². The third-order valence-electron chi connectivity index (χ3n) is 9.32. The number of hydrogen-bond donors (Lipinski definition) is 0. The van der Waals surface area contributed by atoms with Crippen LogP contribution < -0.4 is 0 Å². The first kappa shape index (κ1) is 19.4. The van der Waals surface area contributed by atoms with E-state index in [1.165, 1.54) is 0 Å². The van der Waals surface area contributed by atoms with E-state index in [4.69, 9.17) is 9.90 Å². The Morgan fingerprint density at radius 1 is 0.340 bits per heavy atom. The summed E-state index contributed by atoms with van der Waals surface area (Å²) >= 11 is 0. The summed E-state index contributed by atoms with van der Waals surface area (Å²) in [6.07, 6.45) is 0. The Hall–Kier alpha value is -6.18. The summed E-state index contributed by atoms with van der Waals surface area (Å²) < 4.78 is 79.9. The molecule has 0 spiro atoms. The SMILES string of the molecule is [2H]c1c([2H])c([2H])c2c(-c3cccc4oc5ccccc5c34)c3c([2H])c([2H])c([2H])c([2H])c3c(-c3ccc(-c4cccc5ccccc45)c4ccccc34)c2c1[2H]. The monoisotopic (exact) mass is 604 g/mol. The van der Waals surface area contributed by atoms with E-state index < -0.39 is 24.2 Å². The molecule has 0 bridgehead atoms. The zero-order valence-corrected chi connectivity index (χ0v) is 25.0. The third-order valence-corrected chi connectivity index (χ3v) is 9.32. The van der Waals surface area contributed by atoms with E-state index in [9.17, 15) is 5.48 Å². The Bertz CT molecular complexity index is 3220. The van der Waals surface area contributed by atoms with Crippen molar-refractivity contribution in [1.82, 2.24) is 0 Å². The van der Waals surface area contributed by atoms with E-state index in [-0.39, 0.29) is 45.7 Å². The first-order chi connectivity index (χ1) is 26.7. The summed E-state index contributed by atoms with van der Waals surface area (Å²) in [4.78, 5) is 0. The van der Waals surface area contributed by atoms with Gasteiger partial charge < -0.3 is 4.42 Å². The Morgan fingerprint density at radius 3 is 1.53 bits per heavy atom. The third kappa shape index (κ3) is 3.84. The van der Waals surface area contributed by atoms with Gasteiger partial charge in [0.15, 0.2) is 0 Å². The van der Waals surface area contributed by atoms with Crippen molar-refractivity contribution in [3.8, 4) is 33.4 Å². The van der Waals surface area contributed by atoms with Crippen molar-refractivity contribution in [3.05, 3.63) is 170 Å². The molecule has 0 aliphatic heterocycles. The van der Waals surface area contributed by atoms with Gasteiger partial charge in [0.1, 0.15) is 11.2 Å². The molecule has 0 atom stereocenters. The summed E-state index contributed by atoms with van der Waals surface area (Å²) in [5, 5.41) is 5.95. The zero-order valence-electron chi connectivity index (χ0n) is 33.0. The molecule has 0 aliphatic carbocycles. The highest BCUT2D eigenvalue weighted by Gasteiger charge is 2.21. The molecule has 218 valence electrons. The van der Waals surface area contributed by atoms with Gasteiger partial charge in [-0.3, -0.25) is 0 Å². The van der Waals surface area contributed by atoms with Gasteiger partial charge >= 0.3 is 0 Å². The lowest BCUT2D eigenvalue weighted by Crippen LogP contribution is -1.93. The van der Waals surface area contributed by atoms with Crippen molar-refractivity contribution in [1.29, 1.82) is 0 Å². The predicted octanol–water partition coefficient (Wildman–Crippen LogP) is 13.2. The first-order valence-corrected chi connectivity index (χ1v) is 15.5. The van der Waals surface area contributed by atoms with Crippen LogP contribution in [-0.2, 0) is 0 Å². The van der Waals surface area contributed by atoms with Crippen LogP contribution >= 0.6 is 0 Å². The van der Waals surface area contributed by atoms with Gasteiger partial charge in [0.25, 0.3) is 0 Å². The topological polar surface area (TPSA) is 13.1 Å². The average molecular weight is 605 g/mol. The van der Waals surface area contributed by atoms with Crippen molar-refractivity contribution >= 4 is 65.0 Å². The highest BCUT2D eigenvalue weighted by atomic mass is 16.3. The van der Waals surface area contributed by atoms with Gasteiger partial charge in [0, 0.05) is 10.8 Å². The van der Waals surface area contributed by atoms with E-state index in [0.29, 0.717) is 38.8 Å². The van der Waals surface area contributed by atoms with Crippen LogP contribution in [0.4, 0.5) is 0 Å². The van der Waals surface area contributed by atoms with Crippen molar-refractivity contribution in [2.24, 2.45) is 0 Å². The maximum Gasteiger partial charge on any atom is 0.136 e. The second kappa shape index (κ2) is 10.2. The fourth-order valence-corrected chi connectivity index (χ4v) is 7.36. The molecule has 0 saturated heterocycles. The van der Waals surface area contributed by atoms with Crippen molar-refractivity contribution in [2.45, 2.75) is 0 Å². The number of benzene rings is 9. The molecule has 0 saturated carbocycles. The van der Waals surface area contributed by atoms with Gasteiger partial charge in [-0.05, 0) is 88.6 Å². The minimum atomic E-state index is -0.440. The lowest BCUT2D eigenvalue weighted by Gasteiger charge is -2.20. The largest absolute Gasteiger partial charge is 0.456 e. The molecular formula is C46H28O. The molecule has 10 aromatic rings. The van der Waals surface area contributed by atoms with E-state index in [1.807, 2.05) is 91.0 Å². The number of rotatable bonds is 3. The molecular weight excluding hydrogens is 569 g/mol. The molecule has 0 aliphatic rings. The van der Waals surface area contributed by atoms with Crippen LogP contribution in [0.25, 0.3) is 98.4 Å². The molecule has 9 aromatic carbocycles. The Balaban J connectivity index is 1.45. The molecule has 0 radical (unpaired) electrons. The van der Waals surface area contributed by atoms with Crippen LogP contribution in [-0.4, -0.2) is 0 Å². The maximum atomic E-state index is 9.51. The molecule has 1 aromatic heterocycles. The van der Waals surface area contributed by atoms with E-state index >= 15 is 0 Å². The van der Waals surface area contributed by atoms with Gasteiger partial charge in [-0.15, -0.1) is 0 Å².